The first-order valence-corrected chi connectivity index (χ1v) is 17.0. The number of hydrogen-bond donors (Lipinski definition) is 0. The van der Waals surface area contributed by atoms with Crippen LogP contribution in [0.1, 0.15) is 0 Å². The fraction of sp³-hybridized carbons (Fsp3) is 0. The maximum absolute atomic E-state index is 13.5. The van der Waals surface area contributed by atoms with Gasteiger partial charge in [-0.3, -0.25) is 30.3 Å². The number of hydrogen-bond acceptors (Lipinski definition) is 12. The van der Waals surface area contributed by atoms with E-state index in [2.05, 4.69) is 0 Å². The quantitative estimate of drug-likeness (QED) is 0.198. The minimum absolute atomic E-state index is 0.556. The Kier molecular flexibility index (Phi) is 7.41. The predicted molar refractivity (Wildman–Crippen MR) is 128 cm³/mol. The summed E-state index contributed by atoms with van der Waals surface area (Å²) in [4.78, 5) is 27.6. The van der Waals surface area contributed by atoms with Crippen LogP contribution in [0.3, 0.4) is 0 Å². The molecule has 0 unspecified atom stereocenters. The van der Waals surface area contributed by atoms with Gasteiger partial charge in [0.15, 0.2) is 0 Å². The molecule has 0 atom stereocenters. The number of nitro benzene ring substituents is 3. The van der Waals surface area contributed by atoms with Crippen molar-refractivity contribution in [3.05, 3.63) is 103 Å². The van der Waals surface area contributed by atoms with Crippen LogP contribution in [-0.2, 0) is 28.4 Å². The zero-order valence-electron chi connectivity index (χ0n) is 17.8. The second-order valence-electron chi connectivity index (χ2n) is 6.90. The van der Waals surface area contributed by atoms with Gasteiger partial charge in [0, 0.05) is 36.4 Å². The van der Waals surface area contributed by atoms with Crippen molar-refractivity contribution in [3.8, 4) is 0 Å². The van der Waals surface area contributed by atoms with Crippen LogP contribution in [0.5, 0.6) is 0 Å². The normalized spacial score (nSPS) is 12.2. The largest absolute Gasteiger partial charge is 0.279 e. The molecular weight excluding hydrogens is 577 g/mol. The molecule has 0 heterocycles. The van der Waals surface area contributed by atoms with Crippen molar-refractivity contribution >= 4 is 51.0 Å². The first kappa shape index (κ1) is 27.7. The summed E-state index contributed by atoms with van der Waals surface area (Å²) in [5.74, 6) is 0. The van der Waals surface area contributed by atoms with Crippen LogP contribution >= 0.6 is 5.53 Å². The summed E-state index contributed by atoms with van der Waals surface area (Å²) in [5.41, 5.74) is -5.85. The van der Waals surface area contributed by atoms with E-state index in [0.29, 0.717) is 36.4 Å². The van der Waals surface area contributed by atoms with Gasteiger partial charge in [-0.1, -0.05) is 0 Å². The zero-order valence-corrected chi connectivity index (χ0v) is 21.2. The van der Waals surface area contributed by atoms with Crippen molar-refractivity contribution in [2.24, 2.45) is 0 Å². The van der Waals surface area contributed by atoms with E-state index in [1.807, 2.05) is 0 Å². The van der Waals surface area contributed by atoms with Crippen LogP contribution in [0, 0.1) is 30.3 Å². The minimum Gasteiger partial charge on any atom is -0.258 e. The molecule has 3 aromatic carbocycles. The molecule has 0 radical (unpaired) electrons. The Labute approximate surface area is 208 Å². The molecule has 19 heteroatoms. The molecule has 0 saturated carbocycles. The van der Waals surface area contributed by atoms with Crippen LogP contribution in [0.25, 0.3) is 0 Å². The Morgan fingerprint density at radius 3 is 0.784 bits per heavy atom. The molecule has 15 nitrogen and oxygen atoms in total. The predicted octanol–water partition coefficient (Wildman–Crippen LogP) is 3.36. The standard InChI is InChI=1S/C18H12N3O12PS3/c22-19(23)13-1-7-16(8-2-13)35(28,29)34(36(30,31)17-9-3-14(4-10-17)20(24)25)37(32,33)18-11-5-15(6-12-18)21(26)27/h1-12H. The summed E-state index contributed by atoms with van der Waals surface area (Å²) in [6.45, 7) is 0. The van der Waals surface area contributed by atoms with Crippen LogP contribution in [0.2, 0.25) is 0 Å². The van der Waals surface area contributed by atoms with Gasteiger partial charge < -0.3 is 0 Å². The first-order chi connectivity index (χ1) is 17.1. The second-order valence-corrected chi connectivity index (χ2v) is 21.3. The summed E-state index contributed by atoms with van der Waals surface area (Å²) >= 11 is 0. The third kappa shape index (κ3) is 5.31. The van der Waals surface area contributed by atoms with Crippen molar-refractivity contribution in [1.29, 1.82) is 0 Å². The molecule has 0 amide bonds. The van der Waals surface area contributed by atoms with Gasteiger partial charge in [0.2, 0.25) is 28.4 Å². The molecule has 194 valence electrons. The SMILES string of the molecule is O=[N+]([O-])c1ccc(S(=O)(=O)P(S(=O)(=O)c2ccc([N+](=O)[O-])cc2)S(=O)(=O)c2ccc([N+](=O)[O-])cc2)cc1. The first-order valence-electron chi connectivity index (χ1n) is 9.39. The second kappa shape index (κ2) is 9.89. The Bertz CT molecular complexity index is 1510. The van der Waals surface area contributed by atoms with Crippen molar-refractivity contribution in [2.75, 3.05) is 0 Å². The molecule has 0 bridgehead atoms. The fourth-order valence-corrected chi connectivity index (χ4v) is 22.2. The molecule has 0 spiro atoms. The fourth-order valence-electron chi connectivity index (χ4n) is 2.87. The van der Waals surface area contributed by atoms with E-state index < -0.39 is 80.4 Å². The number of non-ortho nitro benzene ring substituents is 3. The van der Waals surface area contributed by atoms with Gasteiger partial charge in [-0.15, -0.1) is 0 Å². The van der Waals surface area contributed by atoms with Gasteiger partial charge in [0.05, 0.1) is 29.5 Å². The molecule has 0 N–H and O–H groups in total. The number of rotatable bonds is 9. The van der Waals surface area contributed by atoms with Crippen molar-refractivity contribution < 1.29 is 40.0 Å². The summed E-state index contributed by atoms with van der Waals surface area (Å²) in [6, 6.07) is 8.40. The average Bonchev–Trinajstić information content (AvgIpc) is 2.83. The Balaban J connectivity index is 2.28. The Hall–Kier alpha value is -3.86. The molecule has 0 aliphatic heterocycles. The van der Waals surface area contributed by atoms with E-state index in [-0.39, 0.29) is 0 Å². The molecule has 0 aromatic heterocycles. The lowest BCUT2D eigenvalue weighted by Crippen LogP contribution is -2.15. The van der Waals surface area contributed by atoms with Gasteiger partial charge in [-0.05, 0) is 36.4 Å². The maximum Gasteiger partial charge on any atom is 0.279 e. The van der Waals surface area contributed by atoms with Crippen LogP contribution in [-0.4, -0.2) is 40.0 Å². The summed E-state index contributed by atoms with van der Waals surface area (Å²) < 4.78 is 80.9. The van der Waals surface area contributed by atoms with Crippen LogP contribution in [0.4, 0.5) is 17.1 Å². The average molecular weight is 589 g/mol. The highest BCUT2D eigenvalue weighted by Crippen LogP contribution is 2.62. The van der Waals surface area contributed by atoms with Crippen molar-refractivity contribution in [2.45, 2.75) is 14.7 Å². The molecule has 37 heavy (non-hydrogen) atoms. The molecule has 0 fully saturated rings. The van der Waals surface area contributed by atoms with Gasteiger partial charge in [-0.25, -0.2) is 25.3 Å². The third-order valence-electron chi connectivity index (χ3n) is 4.62. The minimum atomic E-state index is -5.31. The maximum atomic E-state index is 13.5. The summed E-state index contributed by atoms with van der Waals surface area (Å²) in [6.07, 6.45) is 0. The topological polar surface area (TPSA) is 232 Å². The van der Waals surface area contributed by atoms with Crippen molar-refractivity contribution in [3.63, 3.8) is 0 Å². The van der Waals surface area contributed by atoms with Crippen molar-refractivity contribution in [1.82, 2.24) is 0 Å². The molecule has 0 aliphatic carbocycles. The van der Waals surface area contributed by atoms with Crippen LogP contribution < -0.4 is 0 Å². The zero-order chi connectivity index (χ0) is 27.8. The van der Waals surface area contributed by atoms with Gasteiger partial charge in [0.25, 0.3) is 22.6 Å². The molecular formula is C18H12N3O12PS3. The number of benzene rings is 3. The molecule has 3 aromatic rings. The van der Waals surface area contributed by atoms with E-state index in [1.54, 1.807) is 0 Å². The summed E-state index contributed by atoms with van der Waals surface area (Å²) in [5, 5.41) is 32.7. The summed E-state index contributed by atoms with van der Waals surface area (Å²) in [7, 11) is -15.9. The van der Waals surface area contributed by atoms with E-state index in [1.165, 1.54) is 0 Å². The number of nitrogens with zero attached hydrogens (tertiary/aromatic N) is 3. The lowest BCUT2D eigenvalue weighted by Gasteiger charge is -2.18. The number of nitro groups is 3. The third-order valence-corrected chi connectivity index (χ3v) is 24.4. The highest BCUT2D eigenvalue weighted by atomic mass is 33.4. The molecule has 0 aliphatic rings. The smallest absolute Gasteiger partial charge is 0.258 e. The van der Waals surface area contributed by atoms with Gasteiger partial charge in [-0.2, -0.15) is 0 Å². The lowest BCUT2D eigenvalue weighted by molar-refractivity contribution is -0.385. The molecule has 0 saturated heterocycles. The van der Waals surface area contributed by atoms with E-state index in [4.69, 9.17) is 0 Å². The monoisotopic (exact) mass is 589 g/mol. The van der Waals surface area contributed by atoms with E-state index >= 15 is 0 Å². The Morgan fingerprint density at radius 2 is 0.622 bits per heavy atom. The van der Waals surface area contributed by atoms with E-state index in [0.717, 1.165) is 36.4 Å². The van der Waals surface area contributed by atoms with Gasteiger partial charge >= 0.3 is 0 Å². The van der Waals surface area contributed by atoms with E-state index in [9.17, 15) is 55.6 Å². The Morgan fingerprint density at radius 1 is 0.432 bits per heavy atom. The lowest BCUT2D eigenvalue weighted by atomic mass is 10.3. The molecule has 3 rings (SSSR count). The van der Waals surface area contributed by atoms with Crippen LogP contribution in [0.15, 0.2) is 87.5 Å². The highest BCUT2D eigenvalue weighted by Gasteiger charge is 2.51. The van der Waals surface area contributed by atoms with Gasteiger partial charge in [0.1, 0.15) is 0 Å². The highest BCUT2D eigenvalue weighted by molar-refractivity contribution is 9.06.